The summed E-state index contributed by atoms with van der Waals surface area (Å²) in [6, 6.07) is 0. The minimum atomic E-state index is 0.718. The monoisotopic (exact) mass is 144 g/mol. The van der Waals surface area contributed by atoms with E-state index in [-0.39, 0.29) is 0 Å². The van der Waals surface area contributed by atoms with Crippen molar-refractivity contribution in [3.05, 3.63) is 12.4 Å². The van der Waals surface area contributed by atoms with Gasteiger partial charge in [0.05, 0.1) is 18.4 Å². The van der Waals surface area contributed by atoms with Crippen LogP contribution in [0.3, 0.4) is 0 Å². The van der Waals surface area contributed by atoms with E-state index in [0.717, 1.165) is 18.0 Å². The van der Waals surface area contributed by atoms with Crippen LogP contribution in [0.1, 0.15) is 0 Å². The van der Waals surface area contributed by atoms with Crippen molar-refractivity contribution >= 4 is 18.3 Å². The van der Waals surface area contributed by atoms with Crippen LogP contribution in [0.2, 0.25) is 0 Å². The summed E-state index contributed by atoms with van der Waals surface area (Å²) < 4.78 is 1.79. The quantitative estimate of drug-likeness (QED) is 0.567. The van der Waals surface area contributed by atoms with Gasteiger partial charge in [-0.05, 0) is 12.6 Å². The smallest absolute Gasteiger partial charge is 0.123 e. The summed E-state index contributed by atoms with van der Waals surface area (Å²) >= 11 is 3.34. The second-order valence-electron chi connectivity index (χ2n) is 1.79. The van der Waals surface area contributed by atoms with Gasteiger partial charge in [0.1, 0.15) is 5.75 Å². The molecule has 0 fully saturated rings. The molecule has 0 radical (unpaired) electrons. The summed E-state index contributed by atoms with van der Waals surface area (Å²) in [6.45, 7) is 0.869. The fraction of sp³-hybridized carbons (Fsp3) is 0.400. The van der Waals surface area contributed by atoms with Crippen LogP contribution in [0, 0.1) is 0 Å². The normalized spacial score (nSPS) is 9.89. The standard InChI is InChI=1S/C5H9N3S/c6-5-3-7-8(4-5)1-2-9/h3-4,9H,1-2,6H2/p+1. The van der Waals surface area contributed by atoms with Crippen molar-refractivity contribution in [3.8, 4) is 0 Å². The lowest BCUT2D eigenvalue weighted by Gasteiger charge is -1.90. The number of nitrogen functional groups attached to an aromatic ring is 1. The van der Waals surface area contributed by atoms with E-state index >= 15 is 0 Å². The van der Waals surface area contributed by atoms with Crippen molar-refractivity contribution in [3.63, 3.8) is 0 Å². The zero-order valence-corrected chi connectivity index (χ0v) is 6.04. The van der Waals surface area contributed by atoms with Crippen molar-refractivity contribution in [2.45, 2.75) is 6.54 Å². The first-order chi connectivity index (χ1) is 4.33. The molecule has 0 bridgehead atoms. The predicted molar refractivity (Wildman–Crippen MR) is 41.7 cm³/mol. The van der Waals surface area contributed by atoms with E-state index in [2.05, 4.69) is 17.7 Å². The van der Waals surface area contributed by atoms with Crippen molar-refractivity contribution in [2.75, 3.05) is 11.5 Å². The number of hydrogen-bond donors (Lipinski definition) is 1. The molecule has 4 heteroatoms. The van der Waals surface area contributed by atoms with Gasteiger partial charge in [0.2, 0.25) is 0 Å². The predicted octanol–water partition coefficient (Wildman–Crippen LogP) is -0.523. The van der Waals surface area contributed by atoms with Gasteiger partial charge >= 0.3 is 0 Å². The molecule has 0 saturated heterocycles. The first-order valence-electron chi connectivity index (χ1n) is 2.75. The third-order valence-electron chi connectivity index (χ3n) is 0.994. The van der Waals surface area contributed by atoms with Gasteiger partial charge in [-0.15, -0.1) is 0 Å². The van der Waals surface area contributed by atoms with E-state index < -0.39 is 0 Å². The molecule has 1 aromatic heterocycles. The molecule has 3 nitrogen and oxygen atoms in total. The Labute approximate surface area is 59.3 Å². The van der Waals surface area contributed by atoms with E-state index in [1.165, 1.54) is 0 Å². The summed E-state index contributed by atoms with van der Waals surface area (Å²) in [7, 11) is 0. The molecule has 50 valence electrons. The van der Waals surface area contributed by atoms with Crippen molar-refractivity contribution < 1.29 is 0 Å². The molecule has 0 spiro atoms. The number of hydrogen-bond acceptors (Lipinski definition) is 2. The summed E-state index contributed by atoms with van der Waals surface area (Å²) in [5.41, 5.74) is 6.13. The van der Waals surface area contributed by atoms with Gasteiger partial charge in [0.15, 0.2) is 0 Å². The Bertz CT molecular complexity index is 184. The molecule has 1 aromatic rings. The highest BCUT2D eigenvalue weighted by Gasteiger charge is 1.91. The van der Waals surface area contributed by atoms with Gasteiger partial charge in [-0.1, -0.05) is 0 Å². The highest BCUT2D eigenvalue weighted by Crippen LogP contribution is 1.96. The van der Waals surface area contributed by atoms with Gasteiger partial charge in [0.25, 0.3) is 0 Å². The van der Waals surface area contributed by atoms with E-state index in [4.69, 9.17) is 5.73 Å². The number of nitrogens with zero attached hydrogens (tertiary/aromatic N) is 2. The number of nitrogens with two attached hydrogens (primary N) is 1. The van der Waals surface area contributed by atoms with Crippen molar-refractivity contribution in [1.29, 1.82) is 0 Å². The molecular formula is C5H10N3S+. The molecule has 2 N–H and O–H groups in total. The summed E-state index contributed by atoms with van der Waals surface area (Å²) in [5.74, 6) is 0.904. The topological polar surface area (TPSA) is 43.8 Å². The van der Waals surface area contributed by atoms with Crippen LogP contribution >= 0.6 is 0 Å². The zero-order chi connectivity index (χ0) is 6.69. The Morgan fingerprint density at radius 2 is 2.56 bits per heavy atom. The van der Waals surface area contributed by atoms with Crippen molar-refractivity contribution in [2.24, 2.45) is 0 Å². The van der Waals surface area contributed by atoms with Crippen LogP contribution in [0.5, 0.6) is 0 Å². The third-order valence-corrected chi connectivity index (χ3v) is 1.22. The Morgan fingerprint density at radius 3 is 3.00 bits per heavy atom. The highest BCUT2D eigenvalue weighted by atomic mass is 32.1. The minimum Gasteiger partial charge on any atom is -0.396 e. The fourth-order valence-corrected chi connectivity index (χ4v) is 0.846. The van der Waals surface area contributed by atoms with Crippen LogP contribution in [-0.4, -0.2) is 15.5 Å². The molecular weight excluding hydrogens is 134 g/mol. The van der Waals surface area contributed by atoms with Crippen molar-refractivity contribution in [1.82, 2.24) is 9.78 Å². The molecule has 0 aromatic carbocycles. The average molecular weight is 144 g/mol. The van der Waals surface area contributed by atoms with Crippen LogP contribution < -0.4 is 5.73 Å². The molecule has 0 aliphatic carbocycles. The van der Waals surface area contributed by atoms with Gasteiger partial charge in [-0.2, -0.15) is 5.10 Å². The Hall–Kier alpha value is -0.640. The van der Waals surface area contributed by atoms with Gasteiger partial charge in [-0.25, -0.2) is 0 Å². The zero-order valence-electron chi connectivity index (χ0n) is 5.04. The SMILES string of the molecule is Nc1cnn(CC[SH2+])c1. The van der Waals surface area contributed by atoms with Gasteiger partial charge in [-0.3, -0.25) is 4.68 Å². The average Bonchev–Trinajstić information content (AvgIpc) is 2.17. The number of aromatic nitrogens is 2. The fourth-order valence-electron chi connectivity index (χ4n) is 0.616. The van der Waals surface area contributed by atoms with E-state index in [1.807, 2.05) is 0 Å². The van der Waals surface area contributed by atoms with Crippen LogP contribution in [-0.2, 0) is 19.2 Å². The Kier molecular flexibility index (Phi) is 2.00. The van der Waals surface area contributed by atoms with Gasteiger partial charge in [0, 0.05) is 6.20 Å². The molecule has 0 aliphatic heterocycles. The van der Waals surface area contributed by atoms with E-state index in [0.29, 0.717) is 0 Å². The van der Waals surface area contributed by atoms with E-state index in [1.54, 1.807) is 17.1 Å². The number of aryl methyl sites for hydroxylation is 1. The maximum absolute atomic E-state index is 5.41. The largest absolute Gasteiger partial charge is 0.396 e. The lowest BCUT2D eigenvalue weighted by Crippen LogP contribution is -2.00. The molecule has 1 rings (SSSR count). The summed E-state index contributed by atoms with van der Waals surface area (Å²) in [4.78, 5) is 0. The lowest BCUT2D eigenvalue weighted by atomic mass is 10.6. The first kappa shape index (κ1) is 6.48. The molecule has 9 heavy (non-hydrogen) atoms. The van der Waals surface area contributed by atoms with E-state index in [9.17, 15) is 0 Å². The molecule has 0 atom stereocenters. The maximum Gasteiger partial charge on any atom is 0.123 e. The number of anilines is 1. The molecule has 1 heterocycles. The summed E-state index contributed by atoms with van der Waals surface area (Å²) in [5, 5.41) is 3.97. The molecule has 0 saturated carbocycles. The number of rotatable bonds is 2. The summed E-state index contributed by atoms with van der Waals surface area (Å²) in [6.07, 6.45) is 3.45. The van der Waals surface area contributed by atoms with Crippen LogP contribution in [0.4, 0.5) is 5.69 Å². The highest BCUT2D eigenvalue weighted by molar-refractivity contribution is 7.58. The molecule has 0 unspecified atom stereocenters. The Balaban J connectivity index is 2.61. The molecule has 0 aliphatic rings. The van der Waals surface area contributed by atoms with Crippen LogP contribution in [0.25, 0.3) is 0 Å². The van der Waals surface area contributed by atoms with Gasteiger partial charge < -0.3 is 5.73 Å². The second-order valence-corrected chi connectivity index (χ2v) is 2.29. The second kappa shape index (κ2) is 2.77. The first-order valence-corrected chi connectivity index (χ1v) is 3.46. The maximum atomic E-state index is 5.41. The lowest BCUT2D eigenvalue weighted by molar-refractivity contribution is 0.667. The minimum absolute atomic E-state index is 0.718. The Morgan fingerprint density at radius 1 is 1.78 bits per heavy atom. The molecule has 0 amide bonds. The van der Waals surface area contributed by atoms with Crippen LogP contribution in [0.15, 0.2) is 12.4 Å². The third kappa shape index (κ3) is 1.64.